The standard InChI is InChI=1S/C11H24N2O/c1-6-9(2)7-10(3)12-8-11(14)13(4)5/h9-10,12H,6-8H2,1-5H3. The summed E-state index contributed by atoms with van der Waals surface area (Å²) in [6.07, 6.45) is 2.34. The van der Waals surface area contributed by atoms with E-state index in [4.69, 9.17) is 0 Å². The maximum absolute atomic E-state index is 11.3. The lowest BCUT2D eigenvalue weighted by Gasteiger charge is -2.18. The molecule has 0 aliphatic heterocycles. The number of carbonyl (C=O) groups is 1. The van der Waals surface area contributed by atoms with Crippen LogP contribution < -0.4 is 5.32 Å². The van der Waals surface area contributed by atoms with Crippen LogP contribution in [0.2, 0.25) is 0 Å². The third-order valence-electron chi connectivity index (χ3n) is 2.55. The van der Waals surface area contributed by atoms with E-state index in [1.54, 1.807) is 19.0 Å². The minimum atomic E-state index is 0.140. The van der Waals surface area contributed by atoms with Gasteiger partial charge in [-0.1, -0.05) is 20.3 Å². The van der Waals surface area contributed by atoms with Gasteiger partial charge in [0.1, 0.15) is 0 Å². The van der Waals surface area contributed by atoms with E-state index in [2.05, 4.69) is 26.1 Å². The normalized spacial score (nSPS) is 14.9. The highest BCUT2D eigenvalue weighted by Crippen LogP contribution is 2.08. The molecule has 0 rings (SSSR count). The highest BCUT2D eigenvalue weighted by Gasteiger charge is 2.09. The molecule has 2 unspecified atom stereocenters. The zero-order chi connectivity index (χ0) is 11.1. The summed E-state index contributed by atoms with van der Waals surface area (Å²) in [5.41, 5.74) is 0. The smallest absolute Gasteiger partial charge is 0.236 e. The second-order valence-electron chi connectivity index (χ2n) is 4.32. The van der Waals surface area contributed by atoms with Crippen molar-refractivity contribution in [2.45, 2.75) is 39.7 Å². The second-order valence-corrected chi connectivity index (χ2v) is 4.32. The minimum Gasteiger partial charge on any atom is -0.348 e. The molecule has 84 valence electrons. The Morgan fingerprint density at radius 2 is 1.93 bits per heavy atom. The van der Waals surface area contributed by atoms with E-state index in [-0.39, 0.29) is 5.91 Å². The predicted octanol–water partition coefficient (Wildman–Crippen LogP) is 1.49. The summed E-state index contributed by atoms with van der Waals surface area (Å²) < 4.78 is 0. The van der Waals surface area contributed by atoms with Crippen LogP contribution >= 0.6 is 0 Å². The van der Waals surface area contributed by atoms with Crippen LogP contribution in [-0.4, -0.2) is 37.5 Å². The molecule has 1 amide bonds. The van der Waals surface area contributed by atoms with Crippen molar-refractivity contribution in [3.63, 3.8) is 0 Å². The Morgan fingerprint density at radius 1 is 1.36 bits per heavy atom. The number of nitrogens with zero attached hydrogens (tertiary/aromatic N) is 1. The van der Waals surface area contributed by atoms with Crippen LogP contribution in [0.1, 0.15) is 33.6 Å². The van der Waals surface area contributed by atoms with E-state index >= 15 is 0 Å². The first kappa shape index (κ1) is 13.4. The average molecular weight is 200 g/mol. The van der Waals surface area contributed by atoms with Crippen LogP contribution in [0.25, 0.3) is 0 Å². The van der Waals surface area contributed by atoms with Crippen LogP contribution in [0, 0.1) is 5.92 Å². The van der Waals surface area contributed by atoms with Gasteiger partial charge in [-0.3, -0.25) is 4.79 Å². The molecule has 0 aliphatic carbocycles. The van der Waals surface area contributed by atoms with E-state index in [9.17, 15) is 4.79 Å². The highest BCUT2D eigenvalue weighted by atomic mass is 16.2. The SMILES string of the molecule is CCC(C)CC(C)NCC(=O)N(C)C. The van der Waals surface area contributed by atoms with Crippen molar-refractivity contribution in [1.29, 1.82) is 0 Å². The van der Waals surface area contributed by atoms with Crippen LogP contribution in [0.3, 0.4) is 0 Å². The summed E-state index contributed by atoms with van der Waals surface area (Å²) in [5.74, 6) is 0.868. The quantitative estimate of drug-likeness (QED) is 0.704. The van der Waals surface area contributed by atoms with Crippen molar-refractivity contribution in [3.8, 4) is 0 Å². The van der Waals surface area contributed by atoms with Crippen LogP contribution in [-0.2, 0) is 4.79 Å². The predicted molar refractivity (Wildman–Crippen MR) is 60.2 cm³/mol. The van der Waals surface area contributed by atoms with Gasteiger partial charge in [0.05, 0.1) is 6.54 Å². The lowest BCUT2D eigenvalue weighted by atomic mass is 10.0. The lowest BCUT2D eigenvalue weighted by molar-refractivity contribution is -0.127. The first-order valence-electron chi connectivity index (χ1n) is 5.40. The number of carbonyl (C=O) groups excluding carboxylic acids is 1. The van der Waals surface area contributed by atoms with Gasteiger partial charge in [0.2, 0.25) is 5.91 Å². The van der Waals surface area contributed by atoms with E-state index in [0.717, 1.165) is 12.3 Å². The van der Waals surface area contributed by atoms with Crippen molar-refractivity contribution < 1.29 is 4.79 Å². The fraction of sp³-hybridized carbons (Fsp3) is 0.909. The molecular weight excluding hydrogens is 176 g/mol. The molecule has 0 saturated carbocycles. The minimum absolute atomic E-state index is 0.140. The highest BCUT2D eigenvalue weighted by molar-refractivity contribution is 5.77. The Hall–Kier alpha value is -0.570. The number of hydrogen-bond donors (Lipinski definition) is 1. The van der Waals surface area contributed by atoms with Gasteiger partial charge in [-0.25, -0.2) is 0 Å². The number of likely N-dealkylation sites (N-methyl/N-ethyl adjacent to an activating group) is 1. The molecule has 0 bridgehead atoms. The van der Waals surface area contributed by atoms with Gasteiger partial charge < -0.3 is 10.2 Å². The largest absolute Gasteiger partial charge is 0.348 e. The molecule has 0 heterocycles. The molecule has 14 heavy (non-hydrogen) atoms. The Labute approximate surface area is 87.9 Å². The number of amides is 1. The third kappa shape index (κ3) is 5.97. The monoisotopic (exact) mass is 200 g/mol. The first-order chi connectivity index (χ1) is 6.47. The van der Waals surface area contributed by atoms with Gasteiger partial charge in [0.15, 0.2) is 0 Å². The van der Waals surface area contributed by atoms with Gasteiger partial charge in [-0.2, -0.15) is 0 Å². The summed E-state index contributed by atoms with van der Waals surface area (Å²) in [6, 6.07) is 0.425. The summed E-state index contributed by atoms with van der Waals surface area (Å²) in [4.78, 5) is 12.9. The topological polar surface area (TPSA) is 32.3 Å². The van der Waals surface area contributed by atoms with Crippen molar-refractivity contribution >= 4 is 5.91 Å². The number of rotatable bonds is 6. The first-order valence-corrected chi connectivity index (χ1v) is 5.40. The molecule has 1 N–H and O–H groups in total. The molecule has 0 fully saturated rings. The van der Waals surface area contributed by atoms with Gasteiger partial charge in [0.25, 0.3) is 0 Å². The molecule has 0 aromatic carbocycles. The lowest BCUT2D eigenvalue weighted by Crippen LogP contribution is -2.38. The van der Waals surface area contributed by atoms with E-state index in [0.29, 0.717) is 12.6 Å². The summed E-state index contributed by atoms with van der Waals surface area (Å²) in [5, 5.41) is 3.24. The number of nitrogens with one attached hydrogen (secondary N) is 1. The van der Waals surface area contributed by atoms with Gasteiger partial charge in [-0.05, 0) is 19.3 Å². The van der Waals surface area contributed by atoms with E-state index in [1.165, 1.54) is 6.42 Å². The zero-order valence-electron chi connectivity index (χ0n) is 10.1. The fourth-order valence-electron chi connectivity index (χ4n) is 1.27. The molecule has 0 aromatic rings. The van der Waals surface area contributed by atoms with E-state index < -0.39 is 0 Å². The molecule has 3 nitrogen and oxygen atoms in total. The zero-order valence-corrected chi connectivity index (χ0v) is 10.1. The van der Waals surface area contributed by atoms with Crippen LogP contribution in [0.15, 0.2) is 0 Å². The van der Waals surface area contributed by atoms with Crippen LogP contribution in [0.4, 0.5) is 0 Å². The Balaban J connectivity index is 3.63. The summed E-state index contributed by atoms with van der Waals surface area (Å²) in [6.45, 7) is 7.02. The van der Waals surface area contributed by atoms with Gasteiger partial charge >= 0.3 is 0 Å². The molecule has 0 saturated heterocycles. The Bertz CT molecular complexity index is 169. The fourth-order valence-corrected chi connectivity index (χ4v) is 1.27. The van der Waals surface area contributed by atoms with Crippen LogP contribution in [0.5, 0.6) is 0 Å². The molecular formula is C11H24N2O. The molecule has 0 spiro atoms. The van der Waals surface area contributed by atoms with Crippen molar-refractivity contribution in [3.05, 3.63) is 0 Å². The van der Waals surface area contributed by atoms with Gasteiger partial charge in [0, 0.05) is 20.1 Å². The third-order valence-corrected chi connectivity index (χ3v) is 2.55. The van der Waals surface area contributed by atoms with Gasteiger partial charge in [-0.15, -0.1) is 0 Å². The molecule has 0 aromatic heterocycles. The molecule has 0 radical (unpaired) electrons. The summed E-state index contributed by atoms with van der Waals surface area (Å²) >= 11 is 0. The van der Waals surface area contributed by atoms with Crippen molar-refractivity contribution in [2.75, 3.05) is 20.6 Å². The Kier molecular flexibility index (Phi) is 6.54. The van der Waals surface area contributed by atoms with Crippen molar-refractivity contribution in [2.24, 2.45) is 5.92 Å². The summed E-state index contributed by atoms with van der Waals surface area (Å²) in [7, 11) is 3.56. The molecule has 2 atom stereocenters. The molecule has 3 heteroatoms. The second kappa shape index (κ2) is 6.82. The van der Waals surface area contributed by atoms with E-state index in [1.807, 2.05) is 0 Å². The van der Waals surface area contributed by atoms with Crippen molar-refractivity contribution in [1.82, 2.24) is 10.2 Å². The Morgan fingerprint density at radius 3 is 2.36 bits per heavy atom. The maximum Gasteiger partial charge on any atom is 0.236 e. The molecule has 0 aliphatic rings. The maximum atomic E-state index is 11.3. The average Bonchev–Trinajstić information content (AvgIpc) is 2.13. The number of hydrogen-bond acceptors (Lipinski definition) is 2.